The summed E-state index contributed by atoms with van der Waals surface area (Å²) in [6.45, 7) is 4.38. The van der Waals surface area contributed by atoms with Crippen molar-refractivity contribution in [3.63, 3.8) is 0 Å². The minimum absolute atomic E-state index is 0.228. The van der Waals surface area contributed by atoms with Gasteiger partial charge in [-0.25, -0.2) is 0 Å². The van der Waals surface area contributed by atoms with E-state index in [0.717, 1.165) is 23.0 Å². The quantitative estimate of drug-likeness (QED) is 0.836. The Balaban J connectivity index is 2.25. The fraction of sp³-hybridized carbons (Fsp3) is 0.429. The maximum atomic E-state index is 6.00. The van der Waals surface area contributed by atoms with Crippen molar-refractivity contribution in [2.75, 3.05) is 11.2 Å². The number of hydrogen-bond donors (Lipinski definition) is 1. The Labute approximate surface area is 113 Å². The van der Waals surface area contributed by atoms with E-state index in [1.54, 1.807) is 6.20 Å². The molecule has 1 heterocycles. The normalized spacial score (nSPS) is 12.9. The summed E-state index contributed by atoms with van der Waals surface area (Å²) in [5.74, 6) is 1.99. The average molecular weight is 264 g/mol. The zero-order valence-corrected chi connectivity index (χ0v) is 11.5. The molecule has 0 aliphatic heterocycles. The number of nitrogens with one attached hydrogen (secondary N) is 1. The highest BCUT2D eigenvalue weighted by Crippen LogP contribution is 2.21. The van der Waals surface area contributed by atoms with Crippen LogP contribution in [0.2, 0.25) is 0 Å². The van der Waals surface area contributed by atoms with Gasteiger partial charge >= 0.3 is 0 Å². The Hall–Kier alpha value is -1.35. The summed E-state index contributed by atoms with van der Waals surface area (Å²) in [5.41, 5.74) is 0. The van der Waals surface area contributed by atoms with E-state index in [2.05, 4.69) is 29.4 Å². The summed E-state index contributed by atoms with van der Waals surface area (Å²) < 4.78 is 0. The minimum atomic E-state index is 0.228. The van der Waals surface area contributed by atoms with Gasteiger partial charge in [0.15, 0.2) is 5.82 Å². The predicted octanol–water partition coefficient (Wildman–Crippen LogP) is 3.70. The van der Waals surface area contributed by atoms with Crippen molar-refractivity contribution < 1.29 is 0 Å². The molecule has 2 rings (SSSR count). The molecule has 2 aromatic rings. The van der Waals surface area contributed by atoms with Gasteiger partial charge in [-0.05, 0) is 12.3 Å². The van der Waals surface area contributed by atoms with Crippen molar-refractivity contribution in [2.24, 2.45) is 5.92 Å². The summed E-state index contributed by atoms with van der Waals surface area (Å²) in [5, 5.41) is 13.8. The summed E-state index contributed by atoms with van der Waals surface area (Å²) in [6, 6.07) is 8.32. The van der Waals surface area contributed by atoms with Crippen molar-refractivity contribution in [1.82, 2.24) is 10.2 Å². The number of nitrogens with zero attached hydrogens (tertiary/aromatic N) is 2. The van der Waals surface area contributed by atoms with Gasteiger partial charge in [0.25, 0.3) is 0 Å². The first kappa shape index (κ1) is 13.1. The SMILES string of the molecule is CC(C)CC(CCl)Nc1nncc2ccccc12. The molecule has 0 amide bonds. The first-order valence-corrected chi connectivity index (χ1v) is 6.77. The van der Waals surface area contributed by atoms with Crippen molar-refractivity contribution in [3.8, 4) is 0 Å². The van der Waals surface area contributed by atoms with Crippen LogP contribution in [0.4, 0.5) is 5.82 Å². The van der Waals surface area contributed by atoms with E-state index in [4.69, 9.17) is 11.6 Å². The van der Waals surface area contributed by atoms with Gasteiger partial charge in [-0.3, -0.25) is 0 Å². The lowest BCUT2D eigenvalue weighted by Crippen LogP contribution is -2.24. The van der Waals surface area contributed by atoms with E-state index in [0.29, 0.717) is 11.8 Å². The van der Waals surface area contributed by atoms with Crippen molar-refractivity contribution in [2.45, 2.75) is 26.3 Å². The molecule has 1 N–H and O–H groups in total. The number of rotatable bonds is 5. The van der Waals surface area contributed by atoms with Gasteiger partial charge < -0.3 is 5.32 Å². The van der Waals surface area contributed by atoms with Crippen molar-refractivity contribution in [1.29, 1.82) is 0 Å². The highest BCUT2D eigenvalue weighted by Gasteiger charge is 2.12. The van der Waals surface area contributed by atoms with Crippen LogP contribution in [-0.2, 0) is 0 Å². The van der Waals surface area contributed by atoms with Gasteiger partial charge in [-0.1, -0.05) is 38.1 Å². The molecule has 0 bridgehead atoms. The Bertz CT molecular complexity index is 508. The van der Waals surface area contributed by atoms with Crippen LogP contribution in [-0.4, -0.2) is 22.1 Å². The van der Waals surface area contributed by atoms with Crippen LogP contribution in [0.25, 0.3) is 10.8 Å². The lowest BCUT2D eigenvalue weighted by Gasteiger charge is -2.19. The van der Waals surface area contributed by atoms with Crippen LogP contribution in [0.5, 0.6) is 0 Å². The fourth-order valence-corrected chi connectivity index (χ4v) is 2.26. The summed E-state index contributed by atoms with van der Waals surface area (Å²) in [7, 11) is 0. The molecule has 0 spiro atoms. The van der Waals surface area contributed by atoms with Crippen molar-refractivity contribution >= 4 is 28.2 Å². The zero-order valence-electron chi connectivity index (χ0n) is 10.7. The molecule has 1 unspecified atom stereocenters. The second-order valence-corrected chi connectivity index (χ2v) is 5.21. The van der Waals surface area contributed by atoms with Crippen LogP contribution in [0.15, 0.2) is 30.5 Å². The van der Waals surface area contributed by atoms with E-state index in [1.807, 2.05) is 24.3 Å². The third-order valence-corrected chi connectivity index (χ3v) is 3.23. The Morgan fingerprint density at radius 3 is 2.78 bits per heavy atom. The average Bonchev–Trinajstić information content (AvgIpc) is 2.38. The third-order valence-electron chi connectivity index (χ3n) is 2.85. The van der Waals surface area contributed by atoms with Crippen LogP contribution in [0.1, 0.15) is 20.3 Å². The maximum absolute atomic E-state index is 6.00. The van der Waals surface area contributed by atoms with Crippen LogP contribution in [0.3, 0.4) is 0 Å². The molecule has 0 aliphatic carbocycles. The predicted molar refractivity (Wildman–Crippen MR) is 77.1 cm³/mol. The summed E-state index contributed by atoms with van der Waals surface area (Å²) >= 11 is 6.00. The Morgan fingerprint density at radius 2 is 2.06 bits per heavy atom. The Kier molecular flexibility index (Phi) is 4.37. The lowest BCUT2D eigenvalue weighted by atomic mass is 10.0. The minimum Gasteiger partial charge on any atom is -0.364 e. The summed E-state index contributed by atoms with van der Waals surface area (Å²) in [6.07, 6.45) is 2.80. The van der Waals surface area contributed by atoms with Crippen LogP contribution >= 0.6 is 11.6 Å². The second-order valence-electron chi connectivity index (χ2n) is 4.91. The molecule has 3 nitrogen and oxygen atoms in total. The molecular formula is C14H18ClN3. The summed E-state index contributed by atoms with van der Waals surface area (Å²) in [4.78, 5) is 0. The van der Waals surface area contributed by atoms with Crippen LogP contribution in [0, 0.1) is 5.92 Å². The van der Waals surface area contributed by atoms with Gasteiger partial charge in [0.2, 0.25) is 0 Å². The molecular weight excluding hydrogens is 246 g/mol. The third kappa shape index (κ3) is 3.10. The number of alkyl halides is 1. The number of hydrogen-bond acceptors (Lipinski definition) is 3. The first-order chi connectivity index (χ1) is 8.70. The molecule has 1 aromatic carbocycles. The molecule has 1 aromatic heterocycles. The van der Waals surface area contributed by atoms with Crippen LogP contribution < -0.4 is 5.32 Å². The fourth-order valence-electron chi connectivity index (χ4n) is 2.06. The van der Waals surface area contributed by atoms with E-state index < -0.39 is 0 Å². The Morgan fingerprint density at radius 1 is 1.28 bits per heavy atom. The monoisotopic (exact) mass is 263 g/mol. The molecule has 96 valence electrons. The van der Waals surface area contributed by atoms with E-state index >= 15 is 0 Å². The standard InChI is InChI=1S/C14H18ClN3/c1-10(2)7-12(8-15)17-14-13-6-4-3-5-11(13)9-16-18-14/h3-6,9-10,12H,7-8H2,1-2H3,(H,17,18). The number of anilines is 1. The van der Waals surface area contributed by atoms with E-state index in [9.17, 15) is 0 Å². The van der Waals surface area contributed by atoms with E-state index in [1.165, 1.54) is 0 Å². The van der Waals surface area contributed by atoms with Crippen molar-refractivity contribution in [3.05, 3.63) is 30.5 Å². The number of halogens is 1. The first-order valence-electron chi connectivity index (χ1n) is 6.23. The highest BCUT2D eigenvalue weighted by molar-refractivity contribution is 6.18. The van der Waals surface area contributed by atoms with Gasteiger partial charge in [-0.2, -0.15) is 5.10 Å². The molecule has 1 atom stereocenters. The second kappa shape index (κ2) is 6.01. The molecule has 4 heteroatoms. The number of benzene rings is 1. The smallest absolute Gasteiger partial charge is 0.156 e. The van der Waals surface area contributed by atoms with Gasteiger partial charge in [0, 0.05) is 22.7 Å². The molecule has 18 heavy (non-hydrogen) atoms. The van der Waals surface area contributed by atoms with Gasteiger partial charge in [-0.15, -0.1) is 16.7 Å². The number of fused-ring (bicyclic) bond motifs is 1. The number of aromatic nitrogens is 2. The molecule has 0 saturated heterocycles. The van der Waals surface area contributed by atoms with E-state index in [-0.39, 0.29) is 6.04 Å². The highest BCUT2D eigenvalue weighted by atomic mass is 35.5. The largest absolute Gasteiger partial charge is 0.364 e. The molecule has 0 radical (unpaired) electrons. The lowest BCUT2D eigenvalue weighted by molar-refractivity contribution is 0.541. The molecule has 0 saturated carbocycles. The maximum Gasteiger partial charge on any atom is 0.156 e. The van der Waals surface area contributed by atoms with Gasteiger partial charge in [0.05, 0.1) is 6.20 Å². The molecule has 0 aliphatic rings. The van der Waals surface area contributed by atoms with Gasteiger partial charge in [0.1, 0.15) is 0 Å². The molecule has 0 fully saturated rings. The zero-order chi connectivity index (χ0) is 13.0. The topological polar surface area (TPSA) is 37.8 Å².